The van der Waals surface area contributed by atoms with E-state index in [0.717, 1.165) is 5.56 Å². The lowest BCUT2D eigenvalue weighted by atomic mass is 10.2. The van der Waals surface area contributed by atoms with Crippen molar-refractivity contribution < 1.29 is 4.74 Å². The van der Waals surface area contributed by atoms with Crippen LogP contribution in [0.25, 0.3) is 0 Å². The number of hydrogen-bond acceptors (Lipinski definition) is 4. The first-order valence-electron chi connectivity index (χ1n) is 5.15. The lowest BCUT2D eigenvalue weighted by Gasteiger charge is -2.06. The van der Waals surface area contributed by atoms with Crippen molar-refractivity contribution in [2.45, 2.75) is 13.5 Å². The van der Waals surface area contributed by atoms with E-state index in [4.69, 9.17) is 22.1 Å². The predicted molar refractivity (Wildman–Crippen MR) is 66.2 cm³/mol. The topological polar surface area (TPSA) is 61.0 Å². The Morgan fingerprint density at radius 2 is 2.06 bits per heavy atom. The summed E-state index contributed by atoms with van der Waals surface area (Å²) in [7, 11) is 0. The number of rotatable bonds is 3. The van der Waals surface area contributed by atoms with E-state index in [1.807, 2.05) is 19.1 Å². The Labute approximate surface area is 104 Å². The van der Waals surface area contributed by atoms with Crippen molar-refractivity contribution >= 4 is 11.6 Å². The Balaban J connectivity index is 2.19. The van der Waals surface area contributed by atoms with Crippen LogP contribution in [-0.4, -0.2) is 10.2 Å². The van der Waals surface area contributed by atoms with Gasteiger partial charge in [0, 0.05) is 12.6 Å². The molecule has 1 aromatic carbocycles. The molecular formula is C12H12ClN3O. The zero-order valence-electron chi connectivity index (χ0n) is 9.35. The minimum absolute atomic E-state index is 0.360. The maximum absolute atomic E-state index is 6.04. The highest BCUT2D eigenvalue weighted by Gasteiger charge is 2.04. The highest BCUT2D eigenvalue weighted by atomic mass is 35.5. The van der Waals surface area contributed by atoms with E-state index in [1.54, 1.807) is 18.2 Å². The molecule has 4 nitrogen and oxygen atoms in total. The second kappa shape index (κ2) is 5.12. The molecule has 2 aromatic rings. The monoisotopic (exact) mass is 249 g/mol. The molecule has 2 N–H and O–H groups in total. The Kier molecular flexibility index (Phi) is 3.56. The zero-order chi connectivity index (χ0) is 12.3. The molecule has 2 rings (SSSR count). The largest absolute Gasteiger partial charge is 0.436 e. The second-order valence-electron chi connectivity index (χ2n) is 3.60. The number of benzene rings is 1. The molecular weight excluding hydrogens is 238 g/mol. The Hall–Kier alpha value is -1.65. The number of hydrogen-bond donors (Lipinski definition) is 1. The van der Waals surface area contributed by atoms with Gasteiger partial charge < -0.3 is 10.5 Å². The molecule has 88 valence electrons. The van der Waals surface area contributed by atoms with E-state index in [-0.39, 0.29) is 0 Å². The van der Waals surface area contributed by atoms with Crippen LogP contribution in [0.3, 0.4) is 0 Å². The maximum Gasteiger partial charge on any atom is 0.238 e. The summed E-state index contributed by atoms with van der Waals surface area (Å²) in [6, 6.07) is 9.04. The molecule has 1 aromatic heterocycles. The smallest absolute Gasteiger partial charge is 0.238 e. The van der Waals surface area contributed by atoms with Crippen LogP contribution in [0.5, 0.6) is 11.6 Å². The van der Waals surface area contributed by atoms with Crippen LogP contribution in [-0.2, 0) is 6.54 Å². The van der Waals surface area contributed by atoms with Gasteiger partial charge in [0.05, 0.1) is 10.7 Å². The minimum atomic E-state index is 0.360. The molecule has 0 unspecified atom stereocenters. The van der Waals surface area contributed by atoms with Crippen molar-refractivity contribution in [1.82, 2.24) is 10.2 Å². The van der Waals surface area contributed by atoms with Gasteiger partial charge in [-0.05, 0) is 30.7 Å². The van der Waals surface area contributed by atoms with E-state index < -0.39 is 0 Å². The summed E-state index contributed by atoms with van der Waals surface area (Å²) in [6.07, 6.45) is 0. The van der Waals surface area contributed by atoms with E-state index in [9.17, 15) is 0 Å². The summed E-state index contributed by atoms with van der Waals surface area (Å²) in [5.74, 6) is 0.958. The number of aromatic nitrogens is 2. The summed E-state index contributed by atoms with van der Waals surface area (Å²) in [5, 5.41) is 8.35. The van der Waals surface area contributed by atoms with Crippen LogP contribution < -0.4 is 10.5 Å². The Bertz CT molecular complexity index is 514. The molecule has 0 bridgehead atoms. The predicted octanol–water partition coefficient (Wildman–Crippen LogP) is 2.69. The van der Waals surface area contributed by atoms with Gasteiger partial charge in [0.15, 0.2) is 0 Å². The average Bonchev–Trinajstić information content (AvgIpc) is 2.34. The first-order valence-corrected chi connectivity index (χ1v) is 5.53. The summed E-state index contributed by atoms with van der Waals surface area (Å²) in [6.45, 7) is 2.32. The van der Waals surface area contributed by atoms with E-state index in [1.165, 1.54) is 0 Å². The summed E-state index contributed by atoms with van der Waals surface area (Å²) in [4.78, 5) is 0. The lowest BCUT2D eigenvalue weighted by Crippen LogP contribution is -2.01. The van der Waals surface area contributed by atoms with Gasteiger partial charge in [-0.2, -0.15) is 5.10 Å². The van der Waals surface area contributed by atoms with Gasteiger partial charge >= 0.3 is 0 Å². The van der Waals surface area contributed by atoms with E-state index >= 15 is 0 Å². The van der Waals surface area contributed by atoms with Crippen LogP contribution in [0.4, 0.5) is 0 Å². The molecule has 17 heavy (non-hydrogen) atoms. The van der Waals surface area contributed by atoms with Crippen LogP contribution in [0.15, 0.2) is 30.3 Å². The highest BCUT2D eigenvalue weighted by Crippen LogP contribution is 2.28. The van der Waals surface area contributed by atoms with Gasteiger partial charge in [-0.25, -0.2) is 0 Å². The molecule has 1 heterocycles. The van der Waals surface area contributed by atoms with Crippen molar-refractivity contribution in [2.24, 2.45) is 5.73 Å². The number of aryl methyl sites for hydroxylation is 1. The maximum atomic E-state index is 6.04. The molecule has 0 radical (unpaired) electrons. The Morgan fingerprint density at radius 3 is 2.65 bits per heavy atom. The average molecular weight is 250 g/mol. The normalized spacial score (nSPS) is 10.3. The SMILES string of the molecule is Cc1ccc(Oc2ccc(CN)nn2)c(Cl)c1. The van der Waals surface area contributed by atoms with Gasteiger partial charge in [-0.1, -0.05) is 17.7 Å². The third-order valence-electron chi connectivity index (χ3n) is 2.21. The van der Waals surface area contributed by atoms with Crippen molar-refractivity contribution in [3.63, 3.8) is 0 Å². The molecule has 5 heteroatoms. The molecule has 0 saturated carbocycles. The Morgan fingerprint density at radius 1 is 1.24 bits per heavy atom. The third kappa shape index (κ3) is 2.93. The fourth-order valence-corrected chi connectivity index (χ4v) is 1.59. The van der Waals surface area contributed by atoms with Crippen molar-refractivity contribution in [3.05, 3.63) is 46.6 Å². The van der Waals surface area contributed by atoms with Gasteiger partial charge in [0.25, 0.3) is 0 Å². The third-order valence-corrected chi connectivity index (χ3v) is 2.50. The molecule has 0 saturated heterocycles. The quantitative estimate of drug-likeness (QED) is 0.909. The molecule has 0 atom stereocenters. The fourth-order valence-electron chi connectivity index (χ4n) is 1.31. The van der Waals surface area contributed by atoms with Gasteiger partial charge in [-0.3, -0.25) is 0 Å². The number of nitrogens with zero attached hydrogens (tertiary/aromatic N) is 2. The molecule has 0 fully saturated rings. The van der Waals surface area contributed by atoms with Crippen LogP contribution in [0, 0.1) is 6.92 Å². The van der Waals surface area contributed by atoms with Crippen molar-refractivity contribution in [2.75, 3.05) is 0 Å². The first kappa shape index (κ1) is 11.8. The minimum Gasteiger partial charge on any atom is -0.436 e. The first-order chi connectivity index (χ1) is 8.19. The standard InChI is InChI=1S/C12H12ClN3O/c1-8-2-4-11(10(13)6-8)17-12-5-3-9(7-14)15-16-12/h2-6H,7,14H2,1H3. The summed E-state index contributed by atoms with van der Waals surface area (Å²) < 4.78 is 5.52. The van der Waals surface area contributed by atoms with Crippen molar-refractivity contribution in [1.29, 1.82) is 0 Å². The summed E-state index contributed by atoms with van der Waals surface area (Å²) >= 11 is 6.04. The van der Waals surface area contributed by atoms with Crippen LogP contribution in [0.1, 0.15) is 11.3 Å². The second-order valence-corrected chi connectivity index (χ2v) is 4.01. The van der Waals surface area contributed by atoms with Crippen molar-refractivity contribution in [3.8, 4) is 11.6 Å². The summed E-state index contributed by atoms with van der Waals surface area (Å²) in [5.41, 5.74) is 7.22. The lowest BCUT2D eigenvalue weighted by molar-refractivity contribution is 0.454. The van der Waals surface area contributed by atoms with Crippen LogP contribution >= 0.6 is 11.6 Å². The van der Waals surface area contributed by atoms with E-state index in [0.29, 0.717) is 28.9 Å². The molecule has 0 spiro atoms. The van der Waals surface area contributed by atoms with Gasteiger partial charge in [-0.15, -0.1) is 5.10 Å². The molecule has 0 amide bonds. The van der Waals surface area contributed by atoms with Gasteiger partial charge in [0.2, 0.25) is 5.88 Å². The molecule has 0 aliphatic heterocycles. The molecule has 0 aliphatic rings. The fraction of sp³-hybridized carbons (Fsp3) is 0.167. The number of halogens is 1. The zero-order valence-corrected chi connectivity index (χ0v) is 10.1. The molecule has 0 aliphatic carbocycles. The number of ether oxygens (including phenoxy) is 1. The highest BCUT2D eigenvalue weighted by molar-refractivity contribution is 6.32. The number of nitrogens with two attached hydrogens (primary N) is 1. The van der Waals surface area contributed by atoms with Crippen LogP contribution in [0.2, 0.25) is 5.02 Å². The van der Waals surface area contributed by atoms with Gasteiger partial charge in [0.1, 0.15) is 5.75 Å². The van der Waals surface area contributed by atoms with E-state index in [2.05, 4.69) is 10.2 Å².